The molecule has 0 fully saturated rings. The predicted molar refractivity (Wildman–Crippen MR) is 208 cm³/mol. The number of nitrogens with zero attached hydrogens (tertiary/aromatic N) is 2. The topological polar surface area (TPSA) is 6.48 Å². The number of benzene rings is 8. The summed E-state index contributed by atoms with van der Waals surface area (Å²) in [6.07, 6.45) is 0. The second kappa shape index (κ2) is 12.5. The Morgan fingerprint density at radius 1 is 0.347 bits per heavy atom. The highest BCUT2D eigenvalue weighted by molar-refractivity contribution is 7.99. The monoisotopic (exact) mass is 644 g/mol. The molecule has 0 aromatic heterocycles. The molecule has 8 aromatic rings. The lowest BCUT2D eigenvalue weighted by Crippen LogP contribution is -2.14. The van der Waals surface area contributed by atoms with E-state index in [4.69, 9.17) is 0 Å². The van der Waals surface area contributed by atoms with Crippen molar-refractivity contribution in [2.45, 2.75) is 9.79 Å². The maximum absolute atomic E-state index is 2.39. The molecule has 232 valence electrons. The van der Waals surface area contributed by atoms with Crippen molar-refractivity contribution in [2.24, 2.45) is 0 Å². The van der Waals surface area contributed by atoms with Gasteiger partial charge in [0.15, 0.2) is 0 Å². The minimum Gasteiger partial charge on any atom is -0.310 e. The first-order valence-electron chi connectivity index (χ1n) is 16.6. The van der Waals surface area contributed by atoms with Crippen LogP contribution in [0.4, 0.5) is 34.1 Å². The Bertz CT molecular complexity index is 2370. The van der Waals surface area contributed by atoms with Crippen LogP contribution in [0, 0.1) is 0 Å². The van der Waals surface area contributed by atoms with E-state index in [1.807, 2.05) is 11.8 Å². The van der Waals surface area contributed by atoms with E-state index in [9.17, 15) is 0 Å². The van der Waals surface area contributed by atoms with Crippen molar-refractivity contribution in [1.82, 2.24) is 0 Å². The van der Waals surface area contributed by atoms with Gasteiger partial charge in [-0.2, -0.15) is 0 Å². The summed E-state index contributed by atoms with van der Waals surface area (Å²) in [6.45, 7) is 0. The zero-order valence-corrected chi connectivity index (χ0v) is 27.6. The van der Waals surface area contributed by atoms with Crippen molar-refractivity contribution in [2.75, 3.05) is 9.80 Å². The van der Waals surface area contributed by atoms with Crippen LogP contribution in [-0.2, 0) is 0 Å². The second-order valence-electron chi connectivity index (χ2n) is 12.2. The van der Waals surface area contributed by atoms with E-state index >= 15 is 0 Å². The fraction of sp³-hybridized carbons (Fsp3) is 0. The van der Waals surface area contributed by atoms with E-state index in [2.05, 4.69) is 204 Å². The maximum atomic E-state index is 2.39. The molecule has 0 saturated carbocycles. The Kier molecular flexibility index (Phi) is 7.45. The van der Waals surface area contributed by atoms with E-state index in [1.54, 1.807) is 0 Å². The molecule has 0 N–H and O–H groups in total. The Hall–Kier alpha value is -6.03. The lowest BCUT2D eigenvalue weighted by molar-refractivity contribution is 1.17. The molecule has 9 rings (SSSR count). The Morgan fingerprint density at radius 2 is 0.857 bits per heavy atom. The van der Waals surface area contributed by atoms with Crippen LogP contribution in [0.25, 0.3) is 33.0 Å². The smallest absolute Gasteiger partial charge is 0.0601 e. The molecule has 8 aromatic carbocycles. The van der Waals surface area contributed by atoms with E-state index in [-0.39, 0.29) is 0 Å². The standard InChI is InChI=1S/C46H32N2S/c1-2-11-33(12-3-1)35-21-26-39(27-22-35)47(42-30-25-34-13-4-5-14-37(34)32-42)40-28-23-36(24-29-40)38-15-10-16-41(31-38)48-43-17-6-8-19-45(43)49-46-20-9-7-18-44(46)48/h1-32H. The third-order valence-corrected chi connectivity index (χ3v) is 10.3. The quantitative estimate of drug-likeness (QED) is 0.178. The summed E-state index contributed by atoms with van der Waals surface area (Å²) < 4.78 is 0. The van der Waals surface area contributed by atoms with Crippen LogP contribution in [0.5, 0.6) is 0 Å². The van der Waals surface area contributed by atoms with Crippen molar-refractivity contribution in [1.29, 1.82) is 0 Å². The molecule has 0 radical (unpaired) electrons. The molecule has 0 bridgehead atoms. The molecular weight excluding hydrogens is 613 g/mol. The zero-order chi connectivity index (χ0) is 32.6. The van der Waals surface area contributed by atoms with Crippen molar-refractivity contribution in [3.63, 3.8) is 0 Å². The van der Waals surface area contributed by atoms with Gasteiger partial charge in [-0.25, -0.2) is 0 Å². The van der Waals surface area contributed by atoms with Gasteiger partial charge in [-0.15, -0.1) is 0 Å². The number of anilines is 6. The van der Waals surface area contributed by atoms with E-state index in [0.29, 0.717) is 0 Å². The molecule has 49 heavy (non-hydrogen) atoms. The van der Waals surface area contributed by atoms with E-state index < -0.39 is 0 Å². The minimum absolute atomic E-state index is 1.11. The number of fused-ring (bicyclic) bond motifs is 3. The molecule has 1 aliphatic rings. The highest BCUT2D eigenvalue weighted by atomic mass is 32.2. The van der Waals surface area contributed by atoms with Crippen LogP contribution in [0.2, 0.25) is 0 Å². The van der Waals surface area contributed by atoms with Crippen LogP contribution < -0.4 is 9.80 Å². The molecule has 2 nitrogen and oxygen atoms in total. The number of rotatable bonds is 6. The van der Waals surface area contributed by atoms with Crippen LogP contribution in [0.1, 0.15) is 0 Å². The van der Waals surface area contributed by atoms with Crippen molar-refractivity contribution in [3.05, 3.63) is 194 Å². The van der Waals surface area contributed by atoms with Crippen LogP contribution in [-0.4, -0.2) is 0 Å². The zero-order valence-electron chi connectivity index (χ0n) is 26.8. The molecule has 0 saturated heterocycles. The number of hydrogen-bond acceptors (Lipinski definition) is 3. The molecule has 1 aliphatic heterocycles. The van der Waals surface area contributed by atoms with Crippen molar-refractivity contribution >= 4 is 56.7 Å². The van der Waals surface area contributed by atoms with Crippen LogP contribution in [0.3, 0.4) is 0 Å². The number of hydrogen-bond donors (Lipinski definition) is 0. The largest absolute Gasteiger partial charge is 0.310 e. The molecular formula is C46H32N2S. The van der Waals surface area contributed by atoms with Crippen molar-refractivity contribution < 1.29 is 0 Å². The normalized spacial score (nSPS) is 12.0. The van der Waals surface area contributed by atoms with Gasteiger partial charge in [0.05, 0.1) is 11.4 Å². The number of para-hydroxylation sites is 2. The summed E-state index contributed by atoms with van der Waals surface area (Å²) in [6, 6.07) is 69.9. The molecule has 0 atom stereocenters. The Morgan fingerprint density at radius 3 is 1.53 bits per heavy atom. The third-order valence-electron chi connectivity index (χ3n) is 9.22. The fourth-order valence-electron chi connectivity index (χ4n) is 6.81. The van der Waals surface area contributed by atoms with Crippen LogP contribution >= 0.6 is 11.8 Å². The van der Waals surface area contributed by atoms with E-state index in [1.165, 1.54) is 54.2 Å². The van der Waals surface area contributed by atoms with Gasteiger partial charge in [-0.1, -0.05) is 133 Å². The van der Waals surface area contributed by atoms with E-state index in [0.717, 1.165) is 22.7 Å². The molecule has 3 heteroatoms. The molecule has 0 aliphatic carbocycles. The minimum atomic E-state index is 1.11. The first kappa shape index (κ1) is 29.1. The van der Waals surface area contributed by atoms with Gasteiger partial charge in [0.2, 0.25) is 0 Å². The lowest BCUT2D eigenvalue weighted by atomic mass is 10.0. The van der Waals surface area contributed by atoms with Gasteiger partial charge in [-0.05, 0) is 106 Å². The highest BCUT2D eigenvalue weighted by Crippen LogP contribution is 2.51. The van der Waals surface area contributed by atoms with Gasteiger partial charge in [0.1, 0.15) is 0 Å². The van der Waals surface area contributed by atoms with Gasteiger partial charge in [0, 0.05) is 32.5 Å². The average Bonchev–Trinajstić information content (AvgIpc) is 3.18. The summed E-state index contributed by atoms with van der Waals surface area (Å²) >= 11 is 1.84. The lowest BCUT2D eigenvalue weighted by Gasteiger charge is -2.33. The first-order valence-corrected chi connectivity index (χ1v) is 17.4. The third kappa shape index (κ3) is 5.54. The Balaban J connectivity index is 1.09. The van der Waals surface area contributed by atoms with Crippen LogP contribution in [0.15, 0.2) is 204 Å². The Labute approximate surface area is 291 Å². The van der Waals surface area contributed by atoms with Gasteiger partial charge in [-0.3, -0.25) is 0 Å². The molecule has 0 unspecified atom stereocenters. The molecule has 1 heterocycles. The first-order chi connectivity index (χ1) is 24.3. The van der Waals surface area contributed by atoms with Gasteiger partial charge >= 0.3 is 0 Å². The molecule has 0 spiro atoms. The average molecular weight is 645 g/mol. The molecule has 0 amide bonds. The van der Waals surface area contributed by atoms with Gasteiger partial charge < -0.3 is 9.80 Å². The summed E-state index contributed by atoms with van der Waals surface area (Å²) in [7, 11) is 0. The summed E-state index contributed by atoms with van der Waals surface area (Å²) in [5.41, 5.74) is 11.7. The second-order valence-corrected chi connectivity index (χ2v) is 13.3. The highest BCUT2D eigenvalue weighted by Gasteiger charge is 2.24. The summed E-state index contributed by atoms with van der Waals surface area (Å²) in [5.74, 6) is 0. The maximum Gasteiger partial charge on any atom is 0.0601 e. The summed E-state index contributed by atoms with van der Waals surface area (Å²) in [4.78, 5) is 7.27. The summed E-state index contributed by atoms with van der Waals surface area (Å²) in [5, 5.41) is 2.46. The SMILES string of the molecule is c1ccc(-c2ccc(N(c3ccc(-c4cccc(N5c6ccccc6Sc6ccccc65)c4)cc3)c3ccc4ccccc4c3)cc2)cc1. The predicted octanol–water partition coefficient (Wildman–Crippen LogP) is 13.6. The fourth-order valence-corrected chi connectivity index (χ4v) is 7.86. The van der Waals surface area contributed by atoms with Gasteiger partial charge in [0.25, 0.3) is 0 Å². The van der Waals surface area contributed by atoms with Crippen molar-refractivity contribution in [3.8, 4) is 22.3 Å².